The van der Waals surface area contributed by atoms with Crippen LogP contribution in [0.5, 0.6) is 5.75 Å². The lowest BCUT2D eigenvalue weighted by molar-refractivity contribution is -0.0176. The van der Waals surface area contributed by atoms with Gasteiger partial charge in [-0.3, -0.25) is 0 Å². The summed E-state index contributed by atoms with van der Waals surface area (Å²) in [5.41, 5.74) is 0.258. The van der Waals surface area contributed by atoms with Crippen LogP contribution in [0.15, 0.2) is 24.3 Å². The number of phenolic OH excluding ortho intramolecular Hbond substituents is 1. The number of ether oxygens (including phenoxy) is 1. The molecule has 1 aromatic carbocycles. The summed E-state index contributed by atoms with van der Waals surface area (Å²) in [6, 6.07) is 6.56. The van der Waals surface area contributed by atoms with Gasteiger partial charge in [-0.15, -0.1) is 0 Å². The van der Waals surface area contributed by atoms with E-state index in [1.165, 1.54) is 12.5 Å². The summed E-state index contributed by atoms with van der Waals surface area (Å²) in [7, 11) is 0. The smallest absolute Gasteiger partial charge is 0.342 e. The van der Waals surface area contributed by atoms with Gasteiger partial charge in [0, 0.05) is 0 Å². The van der Waals surface area contributed by atoms with Crippen molar-refractivity contribution >= 4 is 5.97 Å². The molecule has 1 N–H and O–H groups in total. The number of carbonyl (C=O) groups is 1. The first-order valence-corrected chi connectivity index (χ1v) is 7.48. The average Bonchev–Trinajstić information content (AvgIpc) is 2.38. The molecule has 20 heavy (non-hydrogen) atoms. The number of para-hydroxylation sites is 1. The fourth-order valence-electron chi connectivity index (χ4n) is 3.10. The molecule has 0 bridgehead atoms. The molecule has 0 saturated heterocycles. The van der Waals surface area contributed by atoms with Crippen molar-refractivity contribution in [2.75, 3.05) is 0 Å². The van der Waals surface area contributed by atoms with Gasteiger partial charge >= 0.3 is 5.97 Å². The minimum absolute atomic E-state index is 0.0116. The highest BCUT2D eigenvalue weighted by Crippen LogP contribution is 2.36. The Labute approximate surface area is 121 Å². The topological polar surface area (TPSA) is 46.5 Å². The molecule has 1 aliphatic carbocycles. The van der Waals surface area contributed by atoms with E-state index in [9.17, 15) is 9.90 Å². The second-order valence-corrected chi connectivity index (χ2v) is 6.29. The number of phenols is 1. The lowest BCUT2D eigenvalue weighted by Gasteiger charge is -2.36. The van der Waals surface area contributed by atoms with E-state index < -0.39 is 5.97 Å². The van der Waals surface area contributed by atoms with Crippen LogP contribution in [0.3, 0.4) is 0 Å². The molecule has 0 amide bonds. The van der Waals surface area contributed by atoms with Crippen LogP contribution in [0, 0.1) is 17.8 Å². The maximum Gasteiger partial charge on any atom is 0.342 e. The minimum atomic E-state index is -0.409. The quantitative estimate of drug-likeness (QED) is 0.848. The number of aromatic hydroxyl groups is 1. The lowest BCUT2D eigenvalue weighted by Crippen LogP contribution is -2.35. The summed E-state index contributed by atoms with van der Waals surface area (Å²) in [5.74, 6) is 1.09. The number of esters is 1. The monoisotopic (exact) mass is 276 g/mol. The molecule has 1 aromatic rings. The van der Waals surface area contributed by atoms with Gasteiger partial charge in [-0.05, 0) is 42.7 Å². The molecule has 2 rings (SSSR count). The lowest BCUT2D eigenvalue weighted by atomic mass is 9.75. The normalized spacial score (nSPS) is 26.5. The predicted molar refractivity (Wildman–Crippen MR) is 78.7 cm³/mol. The maximum atomic E-state index is 12.2. The Kier molecular flexibility index (Phi) is 4.69. The largest absolute Gasteiger partial charge is 0.507 e. The molecule has 1 aliphatic rings. The van der Waals surface area contributed by atoms with E-state index in [-0.39, 0.29) is 17.4 Å². The van der Waals surface area contributed by atoms with Crippen molar-refractivity contribution in [1.29, 1.82) is 0 Å². The molecule has 0 aliphatic heterocycles. The van der Waals surface area contributed by atoms with Gasteiger partial charge in [-0.1, -0.05) is 39.3 Å². The van der Waals surface area contributed by atoms with Crippen LogP contribution in [0.25, 0.3) is 0 Å². The van der Waals surface area contributed by atoms with Gasteiger partial charge in [0.2, 0.25) is 0 Å². The number of carbonyl (C=O) groups excluding carboxylic acids is 1. The van der Waals surface area contributed by atoms with E-state index in [1.807, 2.05) is 0 Å². The highest BCUT2D eigenvalue weighted by atomic mass is 16.5. The van der Waals surface area contributed by atoms with Gasteiger partial charge in [0.25, 0.3) is 0 Å². The Morgan fingerprint density at radius 2 is 2.00 bits per heavy atom. The molecule has 0 radical (unpaired) electrons. The van der Waals surface area contributed by atoms with E-state index >= 15 is 0 Å². The first kappa shape index (κ1) is 14.9. The van der Waals surface area contributed by atoms with Gasteiger partial charge in [0.1, 0.15) is 17.4 Å². The first-order chi connectivity index (χ1) is 9.49. The SMILES string of the molecule is CC(C)[C@@H]1CC[C@H](C)C[C@H]1OC(=O)c1ccccc1O. The number of rotatable bonds is 3. The van der Waals surface area contributed by atoms with E-state index in [1.54, 1.807) is 18.2 Å². The van der Waals surface area contributed by atoms with Crippen LogP contribution in [0.2, 0.25) is 0 Å². The Morgan fingerprint density at radius 3 is 2.65 bits per heavy atom. The fourth-order valence-corrected chi connectivity index (χ4v) is 3.10. The highest BCUT2D eigenvalue weighted by molar-refractivity contribution is 5.92. The summed E-state index contributed by atoms with van der Waals surface area (Å²) in [5, 5.41) is 9.74. The van der Waals surface area contributed by atoms with Crippen molar-refractivity contribution < 1.29 is 14.6 Å². The third-order valence-corrected chi connectivity index (χ3v) is 4.34. The number of hydrogen-bond donors (Lipinski definition) is 1. The highest BCUT2D eigenvalue weighted by Gasteiger charge is 2.33. The van der Waals surface area contributed by atoms with Crippen LogP contribution in [-0.2, 0) is 4.74 Å². The Morgan fingerprint density at radius 1 is 1.30 bits per heavy atom. The average molecular weight is 276 g/mol. The Hall–Kier alpha value is -1.51. The van der Waals surface area contributed by atoms with Crippen molar-refractivity contribution in [3.8, 4) is 5.75 Å². The molecule has 0 spiro atoms. The second kappa shape index (κ2) is 6.29. The van der Waals surface area contributed by atoms with Crippen LogP contribution < -0.4 is 0 Å². The maximum absolute atomic E-state index is 12.2. The van der Waals surface area contributed by atoms with Crippen LogP contribution in [0.4, 0.5) is 0 Å². The molecule has 1 fully saturated rings. The Bertz CT molecular complexity index is 467. The molecule has 3 nitrogen and oxygen atoms in total. The Balaban J connectivity index is 2.10. The summed E-state index contributed by atoms with van der Waals surface area (Å²) in [6.45, 7) is 6.57. The first-order valence-electron chi connectivity index (χ1n) is 7.48. The van der Waals surface area contributed by atoms with Crippen molar-refractivity contribution in [3.63, 3.8) is 0 Å². The standard InChI is InChI=1S/C17H24O3/c1-11(2)13-9-8-12(3)10-16(13)20-17(19)14-6-4-5-7-15(14)18/h4-7,11-13,16,18H,8-10H2,1-3H3/t12-,13-,16+/m0/s1. The fraction of sp³-hybridized carbons (Fsp3) is 0.588. The summed E-state index contributed by atoms with van der Waals surface area (Å²) in [6.07, 6.45) is 3.19. The summed E-state index contributed by atoms with van der Waals surface area (Å²) >= 11 is 0. The van der Waals surface area contributed by atoms with Crippen molar-refractivity contribution in [2.24, 2.45) is 17.8 Å². The molecule has 1 saturated carbocycles. The molecule has 0 heterocycles. The molecular formula is C17H24O3. The molecule has 0 aromatic heterocycles. The number of benzene rings is 1. The second-order valence-electron chi connectivity index (χ2n) is 6.29. The minimum Gasteiger partial charge on any atom is -0.507 e. The van der Waals surface area contributed by atoms with Crippen LogP contribution in [-0.4, -0.2) is 17.2 Å². The van der Waals surface area contributed by atoms with Crippen LogP contribution >= 0.6 is 0 Å². The van der Waals surface area contributed by atoms with Gasteiger partial charge in [-0.2, -0.15) is 0 Å². The zero-order valence-corrected chi connectivity index (χ0v) is 12.5. The summed E-state index contributed by atoms with van der Waals surface area (Å²) < 4.78 is 5.70. The van der Waals surface area contributed by atoms with Gasteiger partial charge < -0.3 is 9.84 Å². The zero-order chi connectivity index (χ0) is 14.7. The van der Waals surface area contributed by atoms with Gasteiger partial charge in [0.15, 0.2) is 0 Å². The number of hydrogen-bond acceptors (Lipinski definition) is 3. The van der Waals surface area contributed by atoms with Crippen molar-refractivity contribution in [3.05, 3.63) is 29.8 Å². The molecule has 0 unspecified atom stereocenters. The van der Waals surface area contributed by atoms with Gasteiger partial charge in [0.05, 0.1) is 0 Å². The zero-order valence-electron chi connectivity index (χ0n) is 12.5. The van der Waals surface area contributed by atoms with E-state index in [0.717, 1.165) is 12.8 Å². The van der Waals surface area contributed by atoms with Crippen molar-refractivity contribution in [1.82, 2.24) is 0 Å². The third kappa shape index (κ3) is 3.33. The molecule has 3 heteroatoms. The molecule has 3 atom stereocenters. The van der Waals surface area contributed by atoms with E-state index in [0.29, 0.717) is 17.8 Å². The van der Waals surface area contributed by atoms with Gasteiger partial charge in [-0.25, -0.2) is 4.79 Å². The molecule has 110 valence electrons. The van der Waals surface area contributed by atoms with Crippen molar-refractivity contribution in [2.45, 2.75) is 46.1 Å². The summed E-state index contributed by atoms with van der Waals surface area (Å²) in [4.78, 5) is 12.2. The van der Waals surface area contributed by atoms with E-state index in [4.69, 9.17) is 4.74 Å². The van der Waals surface area contributed by atoms with Crippen LogP contribution in [0.1, 0.15) is 50.4 Å². The third-order valence-electron chi connectivity index (χ3n) is 4.34. The van der Waals surface area contributed by atoms with E-state index in [2.05, 4.69) is 20.8 Å². The predicted octanol–water partition coefficient (Wildman–Crippen LogP) is 4.01. The molecular weight excluding hydrogens is 252 g/mol.